The molecule has 1 N–H and O–H groups in total. The number of hydrogen-bond acceptors (Lipinski definition) is 1. The average molecular weight is 233 g/mol. The molecule has 1 rings (SSSR count). The molecular formula is C16H27N. The predicted octanol–water partition coefficient (Wildman–Crippen LogP) is 4.29. The third-order valence-corrected chi connectivity index (χ3v) is 3.23. The molecule has 1 heteroatoms. The summed E-state index contributed by atoms with van der Waals surface area (Å²) >= 11 is 0. The van der Waals surface area contributed by atoms with Crippen LogP contribution in [-0.2, 0) is 5.41 Å². The van der Waals surface area contributed by atoms with Gasteiger partial charge in [0.2, 0.25) is 0 Å². The lowest BCUT2D eigenvalue weighted by Crippen LogP contribution is -2.32. The van der Waals surface area contributed by atoms with E-state index in [0.29, 0.717) is 6.04 Å². The number of hydrogen-bond donors (Lipinski definition) is 1. The zero-order chi connectivity index (χ0) is 13.3. The minimum Gasteiger partial charge on any atom is -0.313 e. The van der Waals surface area contributed by atoms with Crippen molar-refractivity contribution >= 4 is 0 Å². The van der Waals surface area contributed by atoms with Crippen LogP contribution in [0.4, 0.5) is 0 Å². The van der Waals surface area contributed by atoms with Crippen LogP contribution in [0.2, 0.25) is 0 Å². The molecule has 0 saturated heterocycles. The highest BCUT2D eigenvalue weighted by molar-refractivity contribution is 5.36. The van der Waals surface area contributed by atoms with Crippen molar-refractivity contribution in [3.8, 4) is 0 Å². The highest BCUT2D eigenvalue weighted by atomic mass is 14.9. The number of rotatable bonds is 2. The third-order valence-electron chi connectivity index (χ3n) is 3.23. The first-order chi connectivity index (χ1) is 7.68. The Kier molecular flexibility index (Phi) is 4.03. The van der Waals surface area contributed by atoms with Crippen LogP contribution in [0.1, 0.15) is 58.7 Å². The molecule has 1 nitrogen and oxygen atoms in total. The highest BCUT2D eigenvalue weighted by Gasteiger charge is 2.29. The maximum atomic E-state index is 3.47. The van der Waals surface area contributed by atoms with Crippen molar-refractivity contribution in [1.82, 2.24) is 5.32 Å². The van der Waals surface area contributed by atoms with E-state index in [1.807, 2.05) is 0 Å². The van der Waals surface area contributed by atoms with Gasteiger partial charge in [0.05, 0.1) is 0 Å². The first-order valence-corrected chi connectivity index (χ1v) is 6.44. The normalized spacial score (nSPS) is 14.8. The summed E-state index contributed by atoms with van der Waals surface area (Å²) in [5, 5.41) is 3.47. The van der Waals surface area contributed by atoms with Gasteiger partial charge < -0.3 is 5.32 Å². The molecule has 0 amide bonds. The fraction of sp³-hybridized carbons (Fsp3) is 0.625. The molecule has 0 fully saturated rings. The van der Waals surface area contributed by atoms with Crippen molar-refractivity contribution < 1.29 is 0 Å². The van der Waals surface area contributed by atoms with Crippen LogP contribution >= 0.6 is 0 Å². The van der Waals surface area contributed by atoms with Crippen molar-refractivity contribution in [1.29, 1.82) is 0 Å². The Morgan fingerprint density at radius 1 is 0.941 bits per heavy atom. The molecule has 1 unspecified atom stereocenters. The van der Waals surface area contributed by atoms with E-state index in [1.165, 1.54) is 11.1 Å². The maximum absolute atomic E-state index is 3.47. The molecule has 1 aromatic rings. The van der Waals surface area contributed by atoms with Gasteiger partial charge in [0.1, 0.15) is 0 Å². The number of nitrogens with one attached hydrogen (secondary N) is 1. The second kappa shape index (κ2) is 4.81. The van der Waals surface area contributed by atoms with E-state index in [9.17, 15) is 0 Å². The van der Waals surface area contributed by atoms with Crippen LogP contribution in [0.3, 0.4) is 0 Å². The molecule has 0 aromatic heterocycles. The van der Waals surface area contributed by atoms with Crippen LogP contribution in [0.5, 0.6) is 0 Å². The smallest absolute Gasteiger partial charge is 0.0369 e. The van der Waals surface area contributed by atoms with Gasteiger partial charge >= 0.3 is 0 Å². The van der Waals surface area contributed by atoms with Gasteiger partial charge in [-0.2, -0.15) is 0 Å². The van der Waals surface area contributed by atoms with Crippen molar-refractivity contribution in [3.05, 3.63) is 35.4 Å². The van der Waals surface area contributed by atoms with Crippen LogP contribution < -0.4 is 5.32 Å². The molecule has 0 saturated carbocycles. The Bertz CT molecular complexity index is 366. The summed E-state index contributed by atoms with van der Waals surface area (Å²) < 4.78 is 0. The van der Waals surface area contributed by atoms with E-state index in [1.54, 1.807) is 0 Å². The van der Waals surface area contributed by atoms with E-state index < -0.39 is 0 Å². The number of benzene rings is 1. The Labute approximate surface area is 107 Å². The zero-order valence-corrected chi connectivity index (χ0v) is 12.4. The van der Waals surface area contributed by atoms with Gasteiger partial charge in [0.15, 0.2) is 0 Å². The molecule has 17 heavy (non-hydrogen) atoms. The molecule has 0 spiro atoms. The standard InChI is InChI=1S/C16H27N/c1-15(2,3)13-11-9-8-10-12(13)14(17-7)16(4,5)6/h8-11,14,17H,1-7H3. The second-order valence-electron chi connectivity index (χ2n) is 6.92. The molecule has 96 valence electrons. The Balaban J connectivity index is 3.30. The van der Waals surface area contributed by atoms with Crippen molar-refractivity contribution in [2.75, 3.05) is 7.05 Å². The predicted molar refractivity (Wildman–Crippen MR) is 76.4 cm³/mol. The van der Waals surface area contributed by atoms with Crippen LogP contribution in [0.15, 0.2) is 24.3 Å². The molecule has 0 radical (unpaired) electrons. The van der Waals surface area contributed by atoms with Gasteiger partial charge in [-0.15, -0.1) is 0 Å². The molecule has 0 heterocycles. The first kappa shape index (κ1) is 14.2. The lowest BCUT2D eigenvalue weighted by Gasteiger charge is -2.35. The first-order valence-electron chi connectivity index (χ1n) is 6.44. The van der Waals surface area contributed by atoms with E-state index in [4.69, 9.17) is 0 Å². The SMILES string of the molecule is CNC(c1ccccc1C(C)(C)C)C(C)(C)C. The van der Waals surface area contributed by atoms with Gasteiger partial charge in [-0.25, -0.2) is 0 Å². The molecule has 0 bridgehead atoms. The Morgan fingerprint density at radius 2 is 1.47 bits per heavy atom. The summed E-state index contributed by atoms with van der Waals surface area (Å²) in [4.78, 5) is 0. The van der Waals surface area contributed by atoms with E-state index in [-0.39, 0.29) is 10.8 Å². The van der Waals surface area contributed by atoms with Gasteiger partial charge in [-0.1, -0.05) is 65.8 Å². The van der Waals surface area contributed by atoms with Crippen molar-refractivity contribution in [2.45, 2.75) is 53.0 Å². The van der Waals surface area contributed by atoms with Gasteiger partial charge in [-0.3, -0.25) is 0 Å². The molecule has 1 aromatic carbocycles. The van der Waals surface area contributed by atoms with Crippen LogP contribution in [-0.4, -0.2) is 7.05 Å². The quantitative estimate of drug-likeness (QED) is 0.803. The average Bonchev–Trinajstić information content (AvgIpc) is 2.15. The van der Waals surface area contributed by atoms with Crippen LogP contribution in [0.25, 0.3) is 0 Å². The summed E-state index contributed by atoms with van der Waals surface area (Å²) in [5.74, 6) is 0. The van der Waals surface area contributed by atoms with Crippen LogP contribution in [0, 0.1) is 5.41 Å². The summed E-state index contributed by atoms with van der Waals surface area (Å²) in [6, 6.07) is 9.18. The Hall–Kier alpha value is -0.820. The van der Waals surface area contributed by atoms with E-state index >= 15 is 0 Å². The van der Waals surface area contributed by atoms with Crippen molar-refractivity contribution in [3.63, 3.8) is 0 Å². The third kappa shape index (κ3) is 3.32. The fourth-order valence-corrected chi connectivity index (χ4v) is 2.49. The fourth-order valence-electron chi connectivity index (χ4n) is 2.49. The zero-order valence-electron chi connectivity index (χ0n) is 12.4. The summed E-state index contributed by atoms with van der Waals surface area (Å²) in [6.45, 7) is 13.7. The molecule has 1 atom stereocenters. The summed E-state index contributed by atoms with van der Waals surface area (Å²) in [7, 11) is 2.05. The summed E-state index contributed by atoms with van der Waals surface area (Å²) in [5.41, 5.74) is 3.27. The largest absolute Gasteiger partial charge is 0.313 e. The van der Waals surface area contributed by atoms with Crippen molar-refractivity contribution in [2.24, 2.45) is 5.41 Å². The second-order valence-corrected chi connectivity index (χ2v) is 6.92. The lowest BCUT2D eigenvalue weighted by atomic mass is 9.75. The highest BCUT2D eigenvalue weighted by Crippen LogP contribution is 2.37. The lowest BCUT2D eigenvalue weighted by molar-refractivity contribution is 0.283. The van der Waals surface area contributed by atoms with Gasteiger partial charge in [0.25, 0.3) is 0 Å². The van der Waals surface area contributed by atoms with Gasteiger partial charge in [0, 0.05) is 6.04 Å². The summed E-state index contributed by atoms with van der Waals surface area (Å²) in [6.07, 6.45) is 0. The molecule has 0 aliphatic carbocycles. The van der Waals surface area contributed by atoms with E-state index in [2.05, 4.69) is 78.2 Å². The maximum Gasteiger partial charge on any atom is 0.0369 e. The minimum absolute atomic E-state index is 0.191. The van der Waals surface area contributed by atoms with Gasteiger partial charge in [-0.05, 0) is 29.0 Å². The Morgan fingerprint density at radius 3 is 1.88 bits per heavy atom. The molecular weight excluding hydrogens is 206 g/mol. The molecule has 0 aliphatic heterocycles. The minimum atomic E-state index is 0.191. The molecule has 0 aliphatic rings. The topological polar surface area (TPSA) is 12.0 Å². The monoisotopic (exact) mass is 233 g/mol. The van der Waals surface area contributed by atoms with E-state index in [0.717, 1.165) is 0 Å².